The predicted octanol–water partition coefficient (Wildman–Crippen LogP) is 1.89. The molecule has 1 aliphatic heterocycles. The minimum absolute atomic E-state index is 0.0191. The van der Waals surface area contributed by atoms with Crippen molar-refractivity contribution < 1.29 is 9.53 Å². The molecule has 0 saturated carbocycles. The van der Waals surface area contributed by atoms with Gasteiger partial charge in [0.05, 0.1) is 17.9 Å². The Morgan fingerprint density at radius 2 is 2.32 bits per heavy atom. The second-order valence-electron chi connectivity index (χ2n) is 6.10. The molecule has 5 heteroatoms. The van der Waals surface area contributed by atoms with Gasteiger partial charge in [-0.1, -0.05) is 20.8 Å². The summed E-state index contributed by atoms with van der Waals surface area (Å²) >= 11 is 0. The molecular weight excluding hydrogens is 242 g/mol. The molecule has 1 atom stereocenters. The fourth-order valence-corrected chi connectivity index (χ4v) is 2.08. The molecule has 0 radical (unpaired) electrons. The second kappa shape index (κ2) is 5.74. The van der Waals surface area contributed by atoms with Gasteiger partial charge in [-0.2, -0.15) is 5.10 Å². The van der Waals surface area contributed by atoms with Crippen LogP contribution >= 0.6 is 0 Å². The molecule has 1 amide bonds. The van der Waals surface area contributed by atoms with Crippen LogP contribution in [0.1, 0.15) is 51.4 Å². The molecule has 0 aromatic carbocycles. The van der Waals surface area contributed by atoms with Gasteiger partial charge in [0.25, 0.3) is 0 Å². The van der Waals surface area contributed by atoms with Crippen molar-refractivity contribution in [2.75, 3.05) is 6.61 Å². The zero-order valence-corrected chi connectivity index (χ0v) is 12.0. The third kappa shape index (κ3) is 3.80. The maximum atomic E-state index is 11.9. The predicted molar refractivity (Wildman–Crippen MR) is 72.7 cm³/mol. The van der Waals surface area contributed by atoms with E-state index in [2.05, 4.69) is 36.3 Å². The third-order valence-corrected chi connectivity index (χ3v) is 3.32. The van der Waals surface area contributed by atoms with Gasteiger partial charge in [0, 0.05) is 12.0 Å². The number of H-pyrrole nitrogens is 1. The molecule has 1 aromatic heterocycles. The number of rotatable bonds is 3. The molecule has 2 heterocycles. The first-order valence-electron chi connectivity index (χ1n) is 6.91. The highest BCUT2D eigenvalue weighted by atomic mass is 16.5. The standard InChI is InChI=1S/C14H23N3O2/c1-14(2,3)12-8-10(16-17-12)9-15-13(18)11-6-4-5-7-19-11/h8,11H,4-7,9H2,1-3H3,(H,15,18)(H,16,17)/t11-/m1/s1. The molecule has 2 rings (SSSR count). The first-order chi connectivity index (χ1) is 8.97. The molecule has 2 N–H and O–H groups in total. The number of hydrogen-bond acceptors (Lipinski definition) is 3. The minimum atomic E-state index is -0.279. The van der Waals surface area contributed by atoms with Crippen molar-refractivity contribution in [3.8, 4) is 0 Å². The highest BCUT2D eigenvalue weighted by Crippen LogP contribution is 2.20. The Bertz CT molecular complexity index is 428. The van der Waals surface area contributed by atoms with Crippen LogP contribution < -0.4 is 5.32 Å². The van der Waals surface area contributed by atoms with Crippen LogP contribution in [0.4, 0.5) is 0 Å². The monoisotopic (exact) mass is 265 g/mol. The van der Waals surface area contributed by atoms with Crippen LogP contribution in [0.2, 0.25) is 0 Å². The Hall–Kier alpha value is -1.36. The summed E-state index contributed by atoms with van der Waals surface area (Å²) in [6.45, 7) is 7.50. The van der Waals surface area contributed by atoms with Gasteiger partial charge in [0.15, 0.2) is 0 Å². The van der Waals surface area contributed by atoms with Crippen molar-refractivity contribution >= 4 is 5.91 Å². The summed E-state index contributed by atoms with van der Waals surface area (Å²) in [6, 6.07) is 2.00. The number of aromatic nitrogens is 2. The summed E-state index contributed by atoms with van der Waals surface area (Å²) in [6.07, 6.45) is 2.66. The van der Waals surface area contributed by atoms with Crippen molar-refractivity contribution in [1.82, 2.24) is 15.5 Å². The molecule has 19 heavy (non-hydrogen) atoms. The van der Waals surface area contributed by atoms with E-state index in [1.807, 2.05) is 6.07 Å². The van der Waals surface area contributed by atoms with E-state index in [0.29, 0.717) is 13.2 Å². The molecule has 1 aromatic rings. The summed E-state index contributed by atoms with van der Waals surface area (Å²) in [7, 11) is 0. The van der Waals surface area contributed by atoms with E-state index in [4.69, 9.17) is 4.74 Å². The number of carbonyl (C=O) groups is 1. The highest BCUT2D eigenvalue weighted by molar-refractivity contribution is 5.80. The summed E-state index contributed by atoms with van der Waals surface area (Å²) < 4.78 is 5.45. The minimum Gasteiger partial charge on any atom is -0.368 e. The number of carbonyl (C=O) groups excluding carboxylic acids is 1. The van der Waals surface area contributed by atoms with E-state index < -0.39 is 0 Å². The molecule has 0 bridgehead atoms. The van der Waals surface area contributed by atoms with Crippen molar-refractivity contribution in [3.05, 3.63) is 17.5 Å². The van der Waals surface area contributed by atoms with Crippen LogP contribution in [0, 0.1) is 0 Å². The molecule has 106 valence electrons. The van der Waals surface area contributed by atoms with Gasteiger partial charge < -0.3 is 10.1 Å². The van der Waals surface area contributed by atoms with Crippen LogP contribution in [0.25, 0.3) is 0 Å². The van der Waals surface area contributed by atoms with Gasteiger partial charge in [-0.15, -0.1) is 0 Å². The van der Waals surface area contributed by atoms with Crippen LogP contribution in [-0.4, -0.2) is 28.8 Å². The molecule has 5 nitrogen and oxygen atoms in total. The van der Waals surface area contributed by atoms with Gasteiger partial charge >= 0.3 is 0 Å². The maximum absolute atomic E-state index is 11.9. The van der Waals surface area contributed by atoms with E-state index >= 15 is 0 Å². The molecule has 0 aliphatic carbocycles. The van der Waals surface area contributed by atoms with Crippen molar-refractivity contribution in [2.45, 2.75) is 58.1 Å². The quantitative estimate of drug-likeness (QED) is 0.877. The molecule has 0 spiro atoms. The summed E-state index contributed by atoms with van der Waals surface area (Å²) in [4.78, 5) is 11.9. The van der Waals surface area contributed by atoms with Gasteiger partial charge in [-0.3, -0.25) is 9.89 Å². The molecule has 1 fully saturated rings. The first-order valence-corrected chi connectivity index (χ1v) is 6.91. The molecule has 0 unspecified atom stereocenters. The second-order valence-corrected chi connectivity index (χ2v) is 6.10. The topological polar surface area (TPSA) is 67.0 Å². The number of nitrogens with one attached hydrogen (secondary N) is 2. The lowest BCUT2D eigenvalue weighted by Crippen LogP contribution is -2.38. The number of ether oxygens (including phenoxy) is 1. The fourth-order valence-electron chi connectivity index (χ4n) is 2.08. The van der Waals surface area contributed by atoms with E-state index in [-0.39, 0.29) is 17.4 Å². The Morgan fingerprint density at radius 1 is 1.53 bits per heavy atom. The smallest absolute Gasteiger partial charge is 0.249 e. The number of nitrogens with zero attached hydrogens (tertiary/aromatic N) is 1. The first kappa shape index (κ1) is 14.1. The molecular formula is C14H23N3O2. The van der Waals surface area contributed by atoms with Crippen LogP contribution in [0.5, 0.6) is 0 Å². The van der Waals surface area contributed by atoms with E-state index in [1.165, 1.54) is 0 Å². The average molecular weight is 265 g/mol. The zero-order chi connectivity index (χ0) is 13.9. The Morgan fingerprint density at radius 3 is 2.89 bits per heavy atom. The zero-order valence-electron chi connectivity index (χ0n) is 12.0. The Balaban J connectivity index is 1.85. The van der Waals surface area contributed by atoms with E-state index in [1.54, 1.807) is 0 Å². The highest BCUT2D eigenvalue weighted by Gasteiger charge is 2.22. The van der Waals surface area contributed by atoms with Gasteiger partial charge in [-0.05, 0) is 25.3 Å². The van der Waals surface area contributed by atoms with E-state index in [0.717, 1.165) is 30.7 Å². The number of amides is 1. The maximum Gasteiger partial charge on any atom is 0.249 e. The molecule has 1 aliphatic rings. The SMILES string of the molecule is CC(C)(C)c1cc(CNC(=O)[C@H]2CCCCO2)[nH]n1. The lowest BCUT2D eigenvalue weighted by atomic mass is 9.92. The van der Waals surface area contributed by atoms with Crippen LogP contribution in [0.15, 0.2) is 6.07 Å². The Labute approximate surface area is 114 Å². The summed E-state index contributed by atoms with van der Waals surface area (Å²) in [5.41, 5.74) is 1.95. The number of hydrogen-bond donors (Lipinski definition) is 2. The van der Waals surface area contributed by atoms with Gasteiger partial charge in [0.2, 0.25) is 5.91 Å². The van der Waals surface area contributed by atoms with Crippen molar-refractivity contribution in [3.63, 3.8) is 0 Å². The Kier molecular flexibility index (Phi) is 4.24. The number of aromatic amines is 1. The largest absolute Gasteiger partial charge is 0.368 e. The molecule has 1 saturated heterocycles. The summed E-state index contributed by atoms with van der Waals surface area (Å²) in [5.74, 6) is -0.0217. The lowest BCUT2D eigenvalue weighted by molar-refractivity contribution is -0.135. The van der Waals surface area contributed by atoms with Gasteiger partial charge in [-0.25, -0.2) is 0 Å². The average Bonchev–Trinajstić information content (AvgIpc) is 2.86. The van der Waals surface area contributed by atoms with Crippen LogP contribution in [-0.2, 0) is 21.5 Å². The van der Waals surface area contributed by atoms with Crippen molar-refractivity contribution in [2.24, 2.45) is 0 Å². The normalized spacial score (nSPS) is 20.3. The van der Waals surface area contributed by atoms with Crippen molar-refractivity contribution in [1.29, 1.82) is 0 Å². The lowest BCUT2D eigenvalue weighted by Gasteiger charge is -2.21. The van der Waals surface area contributed by atoms with Gasteiger partial charge in [0.1, 0.15) is 6.10 Å². The van der Waals surface area contributed by atoms with Crippen LogP contribution in [0.3, 0.4) is 0 Å². The summed E-state index contributed by atoms with van der Waals surface area (Å²) in [5, 5.41) is 10.1. The third-order valence-electron chi connectivity index (χ3n) is 3.32. The van der Waals surface area contributed by atoms with E-state index in [9.17, 15) is 4.79 Å². The fraction of sp³-hybridized carbons (Fsp3) is 0.714.